The topological polar surface area (TPSA) is 59.1 Å². The van der Waals surface area contributed by atoms with Crippen LogP contribution in [0.2, 0.25) is 0 Å². The quantitative estimate of drug-likeness (QED) is 0.694. The lowest BCUT2D eigenvalue weighted by Gasteiger charge is -2.36. The van der Waals surface area contributed by atoms with Crippen LogP contribution in [-0.4, -0.2) is 67.8 Å². The van der Waals surface area contributed by atoms with E-state index in [4.69, 9.17) is 9.47 Å². The van der Waals surface area contributed by atoms with E-state index in [-0.39, 0.29) is 17.9 Å². The lowest BCUT2D eigenvalue weighted by atomic mass is 9.98. The second-order valence-corrected chi connectivity index (χ2v) is 4.92. The third-order valence-electron chi connectivity index (χ3n) is 3.59. The molecule has 2 aliphatic rings. The van der Waals surface area contributed by atoms with Gasteiger partial charge in [-0.3, -0.25) is 4.79 Å². The number of hydrogen-bond donors (Lipinski definition) is 0. The number of amides is 2. The zero-order valence-electron chi connectivity index (χ0n) is 11.5. The van der Waals surface area contributed by atoms with E-state index in [1.807, 2.05) is 0 Å². The Labute approximate surface area is 113 Å². The molecule has 0 spiro atoms. The summed E-state index contributed by atoms with van der Waals surface area (Å²) in [7, 11) is 0. The van der Waals surface area contributed by atoms with E-state index in [0.717, 1.165) is 19.4 Å². The molecular weight excluding hydrogens is 248 g/mol. The smallest absolute Gasteiger partial charge is 0.320 e. The molecule has 6 nitrogen and oxygen atoms in total. The predicted molar refractivity (Wildman–Crippen MR) is 68.7 cm³/mol. The van der Waals surface area contributed by atoms with Gasteiger partial charge in [0.25, 0.3) is 0 Å². The van der Waals surface area contributed by atoms with Crippen molar-refractivity contribution in [2.45, 2.75) is 19.8 Å². The molecule has 2 saturated heterocycles. The summed E-state index contributed by atoms with van der Waals surface area (Å²) in [5.74, 6) is -0.347. The van der Waals surface area contributed by atoms with Gasteiger partial charge in [-0.1, -0.05) is 0 Å². The summed E-state index contributed by atoms with van der Waals surface area (Å²) in [6.07, 6.45) is 1.67. The normalized spacial score (nSPS) is 24.2. The average molecular weight is 270 g/mol. The standard InChI is InChI=1S/C13H22N2O4/c1-2-19-12(16)11-4-3-5-15(10-11)13(17)14-6-8-18-9-7-14/h11H,2-10H2,1H3/t11-/m0/s1. The minimum absolute atomic E-state index is 0.0253. The van der Waals surface area contributed by atoms with E-state index < -0.39 is 0 Å². The number of rotatable bonds is 2. The molecule has 2 heterocycles. The van der Waals surface area contributed by atoms with Crippen molar-refractivity contribution in [1.29, 1.82) is 0 Å². The number of piperidine rings is 1. The van der Waals surface area contributed by atoms with Crippen molar-refractivity contribution in [2.75, 3.05) is 46.0 Å². The minimum Gasteiger partial charge on any atom is -0.466 e. The van der Waals surface area contributed by atoms with E-state index in [9.17, 15) is 9.59 Å². The molecule has 0 aliphatic carbocycles. The largest absolute Gasteiger partial charge is 0.466 e. The molecule has 0 N–H and O–H groups in total. The summed E-state index contributed by atoms with van der Waals surface area (Å²) in [5, 5.41) is 0. The fraction of sp³-hybridized carbons (Fsp3) is 0.846. The number of urea groups is 1. The number of carbonyl (C=O) groups is 2. The van der Waals surface area contributed by atoms with Crippen LogP contribution in [0.4, 0.5) is 4.79 Å². The van der Waals surface area contributed by atoms with Crippen molar-refractivity contribution in [2.24, 2.45) is 5.92 Å². The highest BCUT2D eigenvalue weighted by atomic mass is 16.5. The van der Waals surface area contributed by atoms with Crippen molar-refractivity contribution >= 4 is 12.0 Å². The first-order chi connectivity index (χ1) is 9.22. The Hall–Kier alpha value is -1.30. The van der Waals surface area contributed by atoms with E-state index in [1.165, 1.54) is 0 Å². The highest BCUT2D eigenvalue weighted by Gasteiger charge is 2.31. The predicted octanol–water partition coefficient (Wildman–Crippen LogP) is 0.714. The maximum Gasteiger partial charge on any atom is 0.320 e. The van der Waals surface area contributed by atoms with E-state index >= 15 is 0 Å². The van der Waals surface area contributed by atoms with Crippen LogP contribution in [0.1, 0.15) is 19.8 Å². The first-order valence-electron chi connectivity index (χ1n) is 7.00. The molecule has 1 atom stereocenters. The molecule has 0 aromatic carbocycles. The van der Waals surface area contributed by atoms with Gasteiger partial charge in [-0.25, -0.2) is 4.79 Å². The van der Waals surface area contributed by atoms with Gasteiger partial charge in [0.15, 0.2) is 0 Å². The molecule has 2 aliphatic heterocycles. The molecule has 6 heteroatoms. The Morgan fingerprint density at radius 3 is 2.63 bits per heavy atom. The molecule has 2 rings (SSSR count). The SMILES string of the molecule is CCOC(=O)[C@H]1CCCN(C(=O)N2CCOCC2)C1. The first kappa shape index (κ1) is 14.1. The summed E-state index contributed by atoms with van der Waals surface area (Å²) < 4.78 is 10.3. The van der Waals surface area contributed by atoms with Crippen molar-refractivity contribution in [1.82, 2.24) is 9.80 Å². The maximum atomic E-state index is 12.3. The molecule has 2 fully saturated rings. The molecule has 0 saturated carbocycles. The molecule has 0 bridgehead atoms. The number of esters is 1. The molecule has 0 unspecified atom stereocenters. The lowest BCUT2D eigenvalue weighted by Crippen LogP contribution is -2.51. The van der Waals surface area contributed by atoms with Crippen LogP contribution < -0.4 is 0 Å². The van der Waals surface area contributed by atoms with Crippen LogP contribution in [0.15, 0.2) is 0 Å². The molecular formula is C13H22N2O4. The molecule has 0 aromatic rings. The molecule has 2 amide bonds. The summed E-state index contributed by atoms with van der Waals surface area (Å²) in [4.78, 5) is 27.6. The van der Waals surface area contributed by atoms with Gasteiger partial charge in [0.1, 0.15) is 0 Å². The summed E-state index contributed by atoms with van der Waals surface area (Å²) in [6, 6.07) is 0.0253. The Morgan fingerprint density at radius 2 is 1.95 bits per heavy atom. The van der Waals surface area contributed by atoms with Crippen molar-refractivity contribution in [3.63, 3.8) is 0 Å². The Bertz CT molecular complexity index is 329. The molecule has 0 aromatic heterocycles. The minimum atomic E-state index is -0.179. The van der Waals surface area contributed by atoms with Crippen LogP contribution in [0.3, 0.4) is 0 Å². The van der Waals surface area contributed by atoms with E-state index in [1.54, 1.807) is 16.7 Å². The van der Waals surface area contributed by atoms with Gasteiger partial charge >= 0.3 is 12.0 Å². The van der Waals surface area contributed by atoms with Gasteiger partial charge in [-0.2, -0.15) is 0 Å². The average Bonchev–Trinajstić information content (AvgIpc) is 2.48. The zero-order valence-corrected chi connectivity index (χ0v) is 11.5. The lowest BCUT2D eigenvalue weighted by molar-refractivity contribution is -0.149. The van der Waals surface area contributed by atoms with Gasteiger partial charge < -0.3 is 19.3 Å². The molecule has 0 radical (unpaired) electrons. The van der Waals surface area contributed by atoms with Crippen molar-refractivity contribution in [3.8, 4) is 0 Å². The second kappa shape index (κ2) is 6.75. The third-order valence-corrected chi connectivity index (χ3v) is 3.59. The van der Waals surface area contributed by atoms with Gasteiger partial charge in [0.05, 0.1) is 25.7 Å². The van der Waals surface area contributed by atoms with Gasteiger partial charge in [0.2, 0.25) is 0 Å². The maximum absolute atomic E-state index is 12.3. The van der Waals surface area contributed by atoms with Crippen LogP contribution in [0.25, 0.3) is 0 Å². The van der Waals surface area contributed by atoms with Crippen molar-refractivity contribution in [3.05, 3.63) is 0 Å². The summed E-state index contributed by atoms with van der Waals surface area (Å²) >= 11 is 0. The second-order valence-electron chi connectivity index (χ2n) is 4.92. The van der Waals surface area contributed by atoms with Crippen LogP contribution >= 0.6 is 0 Å². The third kappa shape index (κ3) is 3.59. The first-order valence-corrected chi connectivity index (χ1v) is 7.00. The van der Waals surface area contributed by atoms with Crippen molar-refractivity contribution < 1.29 is 19.1 Å². The van der Waals surface area contributed by atoms with Crippen LogP contribution in [0, 0.1) is 5.92 Å². The van der Waals surface area contributed by atoms with Crippen LogP contribution in [0.5, 0.6) is 0 Å². The fourth-order valence-corrected chi connectivity index (χ4v) is 2.56. The molecule has 19 heavy (non-hydrogen) atoms. The summed E-state index contributed by atoms with van der Waals surface area (Å²) in [5.41, 5.74) is 0. The Morgan fingerprint density at radius 1 is 1.21 bits per heavy atom. The highest BCUT2D eigenvalue weighted by molar-refractivity contribution is 5.77. The monoisotopic (exact) mass is 270 g/mol. The number of ether oxygens (including phenoxy) is 2. The Kier molecular flexibility index (Phi) is 5.01. The number of morpholine rings is 1. The van der Waals surface area contributed by atoms with Crippen LogP contribution in [-0.2, 0) is 14.3 Å². The van der Waals surface area contributed by atoms with Gasteiger partial charge in [-0.15, -0.1) is 0 Å². The zero-order chi connectivity index (χ0) is 13.7. The number of nitrogens with zero attached hydrogens (tertiary/aromatic N) is 2. The number of carbonyl (C=O) groups excluding carboxylic acids is 2. The van der Waals surface area contributed by atoms with Gasteiger partial charge in [-0.05, 0) is 19.8 Å². The van der Waals surface area contributed by atoms with Gasteiger partial charge in [0, 0.05) is 26.2 Å². The Balaban J connectivity index is 1.89. The highest BCUT2D eigenvalue weighted by Crippen LogP contribution is 2.19. The fourth-order valence-electron chi connectivity index (χ4n) is 2.56. The number of hydrogen-bond acceptors (Lipinski definition) is 4. The van der Waals surface area contributed by atoms with E-state index in [2.05, 4.69) is 0 Å². The summed E-state index contributed by atoms with van der Waals surface area (Å²) in [6.45, 7) is 5.88. The number of likely N-dealkylation sites (tertiary alicyclic amines) is 1. The van der Waals surface area contributed by atoms with E-state index in [0.29, 0.717) is 39.5 Å². The molecule has 108 valence electrons.